The molecule has 0 radical (unpaired) electrons. The molecule has 4 atom stereocenters. The van der Waals surface area contributed by atoms with E-state index in [9.17, 15) is 10.2 Å². The van der Waals surface area contributed by atoms with Crippen molar-refractivity contribution in [2.45, 2.75) is 31.2 Å². The minimum atomic E-state index is -0.734. The molecule has 5 nitrogen and oxygen atoms in total. The standard InChI is InChI=1S/C13H20N2O3/c1-18-8-10-5-11(13(17)12(10)16)15-7-9-3-2-4-14-6-9/h2-4,6,10-13,15-17H,5,7-8H2,1H3/t10-,11-,12-,13+/m1/s1. The van der Waals surface area contributed by atoms with E-state index in [4.69, 9.17) is 4.74 Å². The van der Waals surface area contributed by atoms with Crippen LogP contribution in [0.15, 0.2) is 24.5 Å². The smallest absolute Gasteiger partial charge is 0.0955 e. The molecule has 1 heterocycles. The van der Waals surface area contributed by atoms with Crippen molar-refractivity contribution in [1.82, 2.24) is 10.3 Å². The quantitative estimate of drug-likeness (QED) is 0.684. The summed E-state index contributed by atoms with van der Waals surface area (Å²) >= 11 is 0. The number of rotatable bonds is 5. The minimum Gasteiger partial charge on any atom is -0.390 e. The van der Waals surface area contributed by atoms with E-state index in [0.29, 0.717) is 13.2 Å². The third kappa shape index (κ3) is 3.05. The molecule has 1 saturated carbocycles. The molecule has 18 heavy (non-hydrogen) atoms. The highest BCUT2D eigenvalue weighted by Crippen LogP contribution is 2.27. The number of nitrogens with zero attached hydrogens (tertiary/aromatic N) is 1. The van der Waals surface area contributed by atoms with Crippen molar-refractivity contribution in [2.24, 2.45) is 5.92 Å². The lowest BCUT2D eigenvalue weighted by Gasteiger charge is -2.18. The van der Waals surface area contributed by atoms with E-state index in [0.717, 1.165) is 12.0 Å². The average molecular weight is 252 g/mol. The summed E-state index contributed by atoms with van der Waals surface area (Å²) in [5.41, 5.74) is 1.06. The van der Waals surface area contributed by atoms with Crippen LogP contribution in [0.4, 0.5) is 0 Å². The van der Waals surface area contributed by atoms with Gasteiger partial charge in [0.05, 0.1) is 18.8 Å². The van der Waals surface area contributed by atoms with Gasteiger partial charge in [-0.1, -0.05) is 6.07 Å². The summed E-state index contributed by atoms with van der Waals surface area (Å²) in [5, 5.41) is 23.1. The zero-order valence-electron chi connectivity index (χ0n) is 10.5. The first kappa shape index (κ1) is 13.4. The Bertz CT molecular complexity index is 361. The van der Waals surface area contributed by atoms with E-state index in [1.54, 1.807) is 19.5 Å². The van der Waals surface area contributed by atoms with Crippen LogP contribution < -0.4 is 5.32 Å². The van der Waals surface area contributed by atoms with E-state index in [1.807, 2.05) is 12.1 Å². The van der Waals surface area contributed by atoms with Gasteiger partial charge in [-0.25, -0.2) is 0 Å². The average Bonchev–Trinajstić information content (AvgIpc) is 2.66. The predicted octanol–water partition coefficient (Wildman–Crippen LogP) is -0.0721. The first-order chi connectivity index (χ1) is 8.72. The summed E-state index contributed by atoms with van der Waals surface area (Å²) < 4.78 is 5.05. The van der Waals surface area contributed by atoms with Crippen LogP contribution in [0.25, 0.3) is 0 Å². The molecule has 0 saturated heterocycles. The lowest BCUT2D eigenvalue weighted by molar-refractivity contribution is -0.00597. The van der Waals surface area contributed by atoms with Gasteiger partial charge in [0.15, 0.2) is 0 Å². The minimum absolute atomic E-state index is 0.00333. The first-order valence-corrected chi connectivity index (χ1v) is 6.19. The van der Waals surface area contributed by atoms with Crippen LogP contribution in [0.3, 0.4) is 0 Å². The van der Waals surface area contributed by atoms with Crippen LogP contribution >= 0.6 is 0 Å². The number of methoxy groups -OCH3 is 1. The fourth-order valence-corrected chi connectivity index (χ4v) is 2.46. The van der Waals surface area contributed by atoms with Crippen molar-refractivity contribution < 1.29 is 14.9 Å². The molecule has 0 unspecified atom stereocenters. The lowest BCUT2D eigenvalue weighted by Crippen LogP contribution is -2.39. The van der Waals surface area contributed by atoms with Gasteiger partial charge < -0.3 is 20.3 Å². The normalized spacial score (nSPS) is 31.7. The van der Waals surface area contributed by atoms with Gasteiger partial charge in [-0.15, -0.1) is 0 Å². The Hall–Kier alpha value is -1.01. The zero-order chi connectivity index (χ0) is 13.0. The maximum Gasteiger partial charge on any atom is 0.0955 e. The van der Waals surface area contributed by atoms with Crippen molar-refractivity contribution in [2.75, 3.05) is 13.7 Å². The van der Waals surface area contributed by atoms with E-state index in [1.165, 1.54) is 0 Å². The maximum absolute atomic E-state index is 9.95. The first-order valence-electron chi connectivity index (χ1n) is 6.19. The van der Waals surface area contributed by atoms with E-state index >= 15 is 0 Å². The molecule has 0 amide bonds. The van der Waals surface area contributed by atoms with Crippen LogP contribution in [0, 0.1) is 5.92 Å². The number of ether oxygens (including phenoxy) is 1. The van der Waals surface area contributed by atoms with Crippen LogP contribution in [0.1, 0.15) is 12.0 Å². The number of nitrogens with one attached hydrogen (secondary N) is 1. The van der Waals surface area contributed by atoms with Crippen LogP contribution in [-0.2, 0) is 11.3 Å². The summed E-state index contributed by atoms with van der Waals surface area (Å²) in [6, 6.07) is 3.76. The molecule has 5 heteroatoms. The lowest BCUT2D eigenvalue weighted by atomic mass is 10.1. The Morgan fingerprint density at radius 3 is 2.94 bits per heavy atom. The second-order valence-electron chi connectivity index (χ2n) is 4.78. The largest absolute Gasteiger partial charge is 0.390 e. The SMILES string of the molecule is COC[C@H]1C[C@@H](NCc2cccnc2)[C@H](O)[C@@H]1O. The van der Waals surface area contributed by atoms with Crippen molar-refractivity contribution >= 4 is 0 Å². The molecular formula is C13H20N2O3. The molecular weight excluding hydrogens is 232 g/mol. The highest BCUT2D eigenvalue weighted by atomic mass is 16.5. The molecule has 3 N–H and O–H groups in total. The van der Waals surface area contributed by atoms with E-state index in [2.05, 4.69) is 10.3 Å². The van der Waals surface area contributed by atoms with Crippen molar-refractivity contribution in [3.8, 4) is 0 Å². The molecule has 1 aromatic rings. The van der Waals surface area contributed by atoms with E-state index < -0.39 is 12.2 Å². The van der Waals surface area contributed by atoms with Gasteiger partial charge in [-0.2, -0.15) is 0 Å². The molecule has 1 aliphatic rings. The fourth-order valence-electron chi connectivity index (χ4n) is 2.46. The number of aliphatic hydroxyl groups excluding tert-OH is 2. The second kappa shape index (κ2) is 6.24. The molecule has 0 aromatic carbocycles. The molecule has 0 bridgehead atoms. The van der Waals surface area contributed by atoms with Crippen molar-refractivity contribution in [3.05, 3.63) is 30.1 Å². The van der Waals surface area contributed by atoms with Gasteiger partial charge in [0.1, 0.15) is 0 Å². The summed E-state index contributed by atoms with van der Waals surface area (Å²) in [4.78, 5) is 4.04. The molecule has 0 aliphatic heterocycles. The van der Waals surface area contributed by atoms with Gasteiger partial charge in [-0.05, 0) is 18.1 Å². The van der Waals surface area contributed by atoms with Crippen LogP contribution in [0.2, 0.25) is 0 Å². The van der Waals surface area contributed by atoms with Crippen LogP contribution in [-0.4, -0.2) is 47.2 Å². The van der Waals surface area contributed by atoms with Gasteiger partial charge in [0.2, 0.25) is 0 Å². The predicted molar refractivity (Wildman–Crippen MR) is 66.9 cm³/mol. The molecule has 1 aliphatic carbocycles. The van der Waals surface area contributed by atoms with Gasteiger partial charge in [0, 0.05) is 38.0 Å². The van der Waals surface area contributed by atoms with Crippen LogP contribution in [0.5, 0.6) is 0 Å². The molecule has 100 valence electrons. The van der Waals surface area contributed by atoms with Crippen molar-refractivity contribution in [3.63, 3.8) is 0 Å². The molecule has 1 fully saturated rings. The third-order valence-electron chi connectivity index (χ3n) is 3.47. The number of hydrogen-bond acceptors (Lipinski definition) is 5. The van der Waals surface area contributed by atoms with Gasteiger partial charge in [0.25, 0.3) is 0 Å². The Morgan fingerprint density at radius 2 is 2.28 bits per heavy atom. The highest BCUT2D eigenvalue weighted by Gasteiger charge is 2.40. The number of pyridine rings is 1. The maximum atomic E-state index is 9.95. The number of aliphatic hydroxyl groups is 2. The van der Waals surface area contributed by atoms with E-state index in [-0.39, 0.29) is 12.0 Å². The summed E-state index contributed by atoms with van der Waals surface area (Å²) in [6.07, 6.45) is 2.79. The number of aromatic nitrogens is 1. The van der Waals surface area contributed by atoms with Gasteiger partial charge >= 0.3 is 0 Å². The third-order valence-corrected chi connectivity index (χ3v) is 3.47. The summed E-state index contributed by atoms with van der Waals surface area (Å²) in [5.74, 6) is -0.00333. The molecule has 2 rings (SSSR count). The van der Waals surface area contributed by atoms with Crippen molar-refractivity contribution in [1.29, 1.82) is 0 Å². The van der Waals surface area contributed by atoms with Gasteiger partial charge in [-0.3, -0.25) is 4.98 Å². The Morgan fingerprint density at radius 1 is 1.44 bits per heavy atom. The highest BCUT2D eigenvalue weighted by molar-refractivity contribution is 5.08. The topological polar surface area (TPSA) is 74.6 Å². The molecule has 0 spiro atoms. The summed E-state index contributed by atoms with van der Waals surface area (Å²) in [7, 11) is 1.61. The Kier molecular flexibility index (Phi) is 4.66. The zero-order valence-corrected chi connectivity index (χ0v) is 10.5. The summed E-state index contributed by atoms with van der Waals surface area (Å²) in [6.45, 7) is 1.12. The Labute approximate surface area is 107 Å². The Balaban J connectivity index is 1.87. The number of hydrogen-bond donors (Lipinski definition) is 3. The second-order valence-corrected chi connectivity index (χ2v) is 4.78. The molecule has 1 aromatic heterocycles. The fraction of sp³-hybridized carbons (Fsp3) is 0.615. The monoisotopic (exact) mass is 252 g/mol.